The molecule has 0 aromatic carbocycles. The number of rotatable bonds is 6. The Balaban J connectivity index is 2.39. The number of aliphatic imine (C=N–C) groups is 1. The molecule has 132 valence electrons. The molecule has 0 saturated heterocycles. The van der Waals surface area contributed by atoms with Crippen LogP contribution in [-0.2, 0) is 0 Å². The number of aromatic nitrogens is 2. The van der Waals surface area contributed by atoms with Crippen molar-refractivity contribution in [3.8, 4) is 0 Å². The van der Waals surface area contributed by atoms with Crippen molar-refractivity contribution in [1.29, 1.82) is 0 Å². The van der Waals surface area contributed by atoms with Crippen LogP contribution in [-0.4, -0.2) is 34.2 Å². The van der Waals surface area contributed by atoms with Crippen LogP contribution in [0, 0.1) is 0 Å². The molecule has 1 amide bonds. The topological polar surface area (TPSA) is 79.3 Å². The highest BCUT2D eigenvalue weighted by Gasteiger charge is 2.21. The van der Waals surface area contributed by atoms with Crippen molar-refractivity contribution in [2.75, 3.05) is 5.32 Å². The molecule has 25 heavy (non-hydrogen) atoms. The summed E-state index contributed by atoms with van der Waals surface area (Å²) in [6.45, 7) is 14.9. The van der Waals surface area contributed by atoms with Crippen LogP contribution in [0.4, 0.5) is 5.95 Å². The normalized spacial score (nSPS) is 13.4. The van der Waals surface area contributed by atoms with Gasteiger partial charge in [-0.05, 0) is 51.9 Å². The van der Waals surface area contributed by atoms with Crippen LogP contribution in [0.1, 0.15) is 38.2 Å². The van der Waals surface area contributed by atoms with E-state index in [9.17, 15) is 4.79 Å². The number of nitrogens with one attached hydrogen (secondary N) is 2. The van der Waals surface area contributed by atoms with E-state index in [1.807, 2.05) is 39.1 Å². The van der Waals surface area contributed by atoms with Gasteiger partial charge in [-0.2, -0.15) is 0 Å². The zero-order valence-electron chi connectivity index (χ0n) is 15.0. The summed E-state index contributed by atoms with van der Waals surface area (Å²) in [6.07, 6.45) is 3.41. The Morgan fingerprint density at radius 2 is 2.12 bits per heavy atom. The molecule has 0 fully saturated rings. The second-order valence-corrected chi connectivity index (χ2v) is 7.50. The standard InChI is InChI=1S/C18H23N5OS/c1-7-8-12(19-6)11(2)20-17-21-13-9-10-25-15(13)14(22-17)16(24)23-18(3,4)5/h7-11H,1,6H2,2-5H3,(H,23,24)(H,20,21,22)/b12-8-/t11-/m0/s1. The van der Waals surface area contributed by atoms with Crippen LogP contribution in [0.5, 0.6) is 0 Å². The van der Waals surface area contributed by atoms with E-state index in [0.717, 1.165) is 10.2 Å². The Morgan fingerprint density at radius 1 is 1.40 bits per heavy atom. The summed E-state index contributed by atoms with van der Waals surface area (Å²) in [5, 5.41) is 8.02. The maximum atomic E-state index is 12.6. The van der Waals surface area contributed by atoms with Crippen LogP contribution >= 0.6 is 11.3 Å². The Kier molecular flexibility index (Phi) is 5.69. The number of amides is 1. The molecule has 2 heterocycles. The van der Waals surface area contributed by atoms with Gasteiger partial charge in [0, 0.05) is 5.54 Å². The van der Waals surface area contributed by atoms with Gasteiger partial charge < -0.3 is 10.6 Å². The number of hydrogen-bond acceptors (Lipinski definition) is 6. The lowest BCUT2D eigenvalue weighted by molar-refractivity contribution is 0.0916. The minimum absolute atomic E-state index is 0.176. The van der Waals surface area contributed by atoms with Gasteiger partial charge in [-0.25, -0.2) is 9.97 Å². The molecule has 0 radical (unpaired) electrons. The van der Waals surface area contributed by atoms with Gasteiger partial charge in [0.2, 0.25) is 5.95 Å². The SMILES string of the molecule is C=C/C=C(\N=C)[C@H](C)Nc1nc(C(=O)NC(C)(C)C)c2sccc2n1. The van der Waals surface area contributed by atoms with Crippen molar-refractivity contribution < 1.29 is 4.79 Å². The average Bonchev–Trinajstić information content (AvgIpc) is 2.98. The van der Waals surface area contributed by atoms with Gasteiger partial charge in [-0.1, -0.05) is 12.7 Å². The number of thiophene rings is 1. The summed E-state index contributed by atoms with van der Waals surface area (Å²) in [4.78, 5) is 25.5. The molecule has 6 nitrogen and oxygen atoms in total. The van der Waals surface area contributed by atoms with Crippen LogP contribution < -0.4 is 10.6 Å². The number of carbonyl (C=O) groups is 1. The smallest absolute Gasteiger partial charge is 0.271 e. The molecule has 0 spiro atoms. The molecular formula is C18H23N5OS. The molecule has 0 aliphatic heterocycles. The third kappa shape index (κ3) is 4.73. The van der Waals surface area contributed by atoms with Crippen LogP contribution in [0.15, 0.2) is 40.9 Å². The molecule has 2 aromatic rings. The molecule has 0 saturated carbocycles. The first kappa shape index (κ1) is 18.8. The summed E-state index contributed by atoms with van der Waals surface area (Å²) in [7, 11) is 0. The van der Waals surface area contributed by atoms with Crippen LogP contribution in [0.2, 0.25) is 0 Å². The summed E-state index contributed by atoms with van der Waals surface area (Å²) in [5.74, 6) is 0.151. The first-order valence-corrected chi connectivity index (χ1v) is 8.76. The van der Waals surface area contributed by atoms with Gasteiger partial charge in [0.1, 0.15) is 0 Å². The van der Waals surface area contributed by atoms with E-state index in [1.54, 1.807) is 12.2 Å². The van der Waals surface area contributed by atoms with Crippen LogP contribution in [0.3, 0.4) is 0 Å². The minimum atomic E-state index is -0.348. The summed E-state index contributed by atoms with van der Waals surface area (Å²) < 4.78 is 0.767. The van der Waals surface area contributed by atoms with Gasteiger partial charge in [0.15, 0.2) is 5.69 Å². The Bertz CT molecular complexity index is 832. The fraction of sp³-hybridized carbons (Fsp3) is 0.333. The monoisotopic (exact) mass is 357 g/mol. The zero-order chi connectivity index (χ0) is 18.6. The maximum absolute atomic E-state index is 12.6. The summed E-state index contributed by atoms with van der Waals surface area (Å²) >= 11 is 1.45. The Morgan fingerprint density at radius 3 is 2.72 bits per heavy atom. The predicted octanol–water partition coefficient (Wildman–Crippen LogP) is 3.79. The minimum Gasteiger partial charge on any atom is -0.346 e. The van der Waals surface area contributed by atoms with Crippen molar-refractivity contribution in [1.82, 2.24) is 15.3 Å². The zero-order valence-corrected chi connectivity index (χ0v) is 15.8. The fourth-order valence-corrected chi connectivity index (χ4v) is 3.02. The summed E-state index contributed by atoms with van der Waals surface area (Å²) in [5.41, 5.74) is 1.46. The van der Waals surface area contributed by atoms with E-state index in [0.29, 0.717) is 17.3 Å². The molecule has 0 aliphatic carbocycles. The highest BCUT2D eigenvalue weighted by molar-refractivity contribution is 7.17. The molecule has 1 atom stereocenters. The number of anilines is 1. The highest BCUT2D eigenvalue weighted by atomic mass is 32.1. The van der Waals surface area contributed by atoms with E-state index in [1.165, 1.54) is 11.3 Å². The van der Waals surface area contributed by atoms with Gasteiger partial charge in [-0.15, -0.1) is 11.3 Å². The number of carbonyl (C=O) groups excluding carboxylic acids is 1. The Labute approximate surface area is 151 Å². The summed E-state index contributed by atoms with van der Waals surface area (Å²) in [6, 6.07) is 1.70. The molecular weight excluding hydrogens is 334 g/mol. The largest absolute Gasteiger partial charge is 0.346 e. The van der Waals surface area contributed by atoms with Crippen LogP contribution in [0.25, 0.3) is 10.2 Å². The van der Waals surface area contributed by atoms with E-state index in [2.05, 4.69) is 38.9 Å². The van der Waals surface area contributed by atoms with E-state index in [-0.39, 0.29) is 17.5 Å². The fourth-order valence-electron chi connectivity index (χ4n) is 2.20. The third-order valence-electron chi connectivity index (χ3n) is 3.27. The average molecular weight is 357 g/mol. The van der Waals surface area contributed by atoms with E-state index >= 15 is 0 Å². The second kappa shape index (κ2) is 7.57. The van der Waals surface area contributed by atoms with E-state index < -0.39 is 0 Å². The number of allylic oxidation sites excluding steroid dienone is 2. The molecule has 2 aromatic heterocycles. The quantitative estimate of drug-likeness (QED) is 0.609. The van der Waals surface area contributed by atoms with Gasteiger partial charge in [0.05, 0.1) is 22.0 Å². The number of fused-ring (bicyclic) bond motifs is 1. The van der Waals surface area contributed by atoms with Crippen molar-refractivity contribution in [2.24, 2.45) is 4.99 Å². The van der Waals surface area contributed by atoms with Crippen molar-refractivity contribution >= 4 is 40.1 Å². The molecule has 0 unspecified atom stereocenters. The lowest BCUT2D eigenvalue weighted by Crippen LogP contribution is -2.41. The first-order valence-electron chi connectivity index (χ1n) is 7.89. The molecule has 0 aliphatic rings. The molecule has 7 heteroatoms. The molecule has 0 bridgehead atoms. The molecule has 2 rings (SSSR count). The van der Waals surface area contributed by atoms with Crippen molar-refractivity contribution in [3.63, 3.8) is 0 Å². The first-order chi connectivity index (χ1) is 11.7. The maximum Gasteiger partial charge on any atom is 0.271 e. The van der Waals surface area contributed by atoms with E-state index in [4.69, 9.17) is 0 Å². The molecule has 2 N–H and O–H groups in total. The number of nitrogens with zero attached hydrogens (tertiary/aromatic N) is 3. The Hall–Kier alpha value is -2.54. The highest BCUT2D eigenvalue weighted by Crippen LogP contribution is 2.24. The van der Waals surface area contributed by atoms with Gasteiger partial charge >= 0.3 is 0 Å². The lowest BCUT2D eigenvalue weighted by Gasteiger charge is -2.20. The van der Waals surface area contributed by atoms with Crippen molar-refractivity contribution in [3.05, 3.63) is 41.6 Å². The van der Waals surface area contributed by atoms with Crippen molar-refractivity contribution in [2.45, 2.75) is 39.3 Å². The van der Waals surface area contributed by atoms with Gasteiger partial charge in [0.25, 0.3) is 5.91 Å². The predicted molar refractivity (Wildman–Crippen MR) is 106 cm³/mol. The van der Waals surface area contributed by atoms with Gasteiger partial charge in [-0.3, -0.25) is 9.79 Å². The lowest BCUT2D eigenvalue weighted by atomic mass is 10.1. The number of hydrogen-bond donors (Lipinski definition) is 2. The second-order valence-electron chi connectivity index (χ2n) is 6.59. The third-order valence-corrected chi connectivity index (χ3v) is 4.18.